The van der Waals surface area contributed by atoms with E-state index >= 15 is 0 Å². The molecule has 1 aromatic rings. The molecule has 1 rings (SSSR count). The smallest absolute Gasteiger partial charge is 0.138 e. The highest BCUT2D eigenvalue weighted by Gasteiger charge is 2.11. The van der Waals surface area contributed by atoms with Crippen molar-refractivity contribution in [2.24, 2.45) is 0 Å². The molecule has 15 heavy (non-hydrogen) atoms. The van der Waals surface area contributed by atoms with Crippen molar-refractivity contribution in [3.05, 3.63) is 12.2 Å². The van der Waals surface area contributed by atoms with Crippen molar-refractivity contribution in [3.63, 3.8) is 0 Å². The molecule has 0 aliphatic carbocycles. The molecule has 0 saturated carbocycles. The largest absolute Gasteiger partial charge is 0.392 e. The van der Waals surface area contributed by atoms with Gasteiger partial charge in [0, 0.05) is 11.8 Å². The van der Waals surface area contributed by atoms with E-state index in [9.17, 15) is 5.11 Å². The van der Waals surface area contributed by atoms with Gasteiger partial charge in [0.2, 0.25) is 0 Å². The summed E-state index contributed by atoms with van der Waals surface area (Å²) in [6, 6.07) is 0. The molecule has 2 unspecified atom stereocenters. The fraction of sp³-hybridized carbons (Fsp3) is 0.800. The van der Waals surface area contributed by atoms with Crippen LogP contribution in [0.4, 0.5) is 0 Å². The van der Waals surface area contributed by atoms with Gasteiger partial charge in [0.25, 0.3) is 0 Å². The van der Waals surface area contributed by atoms with Crippen molar-refractivity contribution in [1.82, 2.24) is 14.8 Å². The lowest BCUT2D eigenvalue weighted by Gasteiger charge is -2.13. The average molecular weight is 229 g/mol. The van der Waals surface area contributed by atoms with Crippen molar-refractivity contribution in [2.75, 3.05) is 0 Å². The standard InChI is InChI=1S/C10H19N3OS/c1-4-5-13-10(11-7-12-13)6-15-9(3)8(2)14/h7-9,14H,4-6H2,1-3H3. The highest BCUT2D eigenvalue weighted by atomic mass is 32.2. The Balaban J connectivity index is 2.46. The third kappa shape index (κ3) is 3.83. The zero-order chi connectivity index (χ0) is 11.3. The van der Waals surface area contributed by atoms with Crippen molar-refractivity contribution < 1.29 is 5.11 Å². The Morgan fingerprint density at radius 1 is 1.53 bits per heavy atom. The fourth-order valence-corrected chi connectivity index (χ4v) is 2.06. The van der Waals surface area contributed by atoms with Gasteiger partial charge >= 0.3 is 0 Å². The summed E-state index contributed by atoms with van der Waals surface area (Å²) in [6.45, 7) is 6.88. The Hall–Kier alpha value is -0.550. The first-order valence-corrected chi connectivity index (χ1v) is 6.36. The SMILES string of the molecule is CCCn1ncnc1CSC(C)C(C)O. The third-order valence-electron chi connectivity index (χ3n) is 2.29. The van der Waals surface area contributed by atoms with E-state index in [1.54, 1.807) is 18.1 Å². The van der Waals surface area contributed by atoms with Crippen LogP contribution < -0.4 is 0 Å². The molecule has 4 nitrogen and oxygen atoms in total. The minimum Gasteiger partial charge on any atom is -0.392 e. The van der Waals surface area contributed by atoms with E-state index in [1.165, 1.54) is 0 Å². The summed E-state index contributed by atoms with van der Waals surface area (Å²) in [5, 5.41) is 13.8. The Labute approximate surface area is 95.1 Å². The van der Waals surface area contributed by atoms with E-state index in [0.717, 1.165) is 24.5 Å². The molecule has 1 N–H and O–H groups in total. The summed E-state index contributed by atoms with van der Waals surface area (Å²) < 4.78 is 1.93. The van der Waals surface area contributed by atoms with Crippen LogP contribution in [0.2, 0.25) is 0 Å². The molecule has 5 heteroatoms. The molecule has 0 bridgehead atoms. The highest BCUT2D eigenvalue weighted by molar-refractivity contribution is 7.99. The van der Waals surface area contributed by atoms with Crippen LogP contribution in [0.5, 0.6) is 0 Å². The first-order valence-electron chi connectivity index (χ1n) is 5.31. The van der Waals surface area contributed by atoms with Gasteiger partial charge in [-0.1, -0.05) is 13.8 Å². The van der Waals surface area contributed by atoms with Gasteiger partial charge in [-0.3, -0.25) is 0 Å². The second-order valence-corrected chi connectivity index (χ2v) is 5.02. The van der Waals surface area contributed by atoms with Crippen LogP contribution in [0, 0.1) is 0 Å². The zero-order valence-corrected chi connectivity index (χ0v) is 10.4. The van der Waals surface area contributed by atoms with Gasteiger partial charge in [0.05, 0.1) is 11.9 Å². The van der Waals surface area contributed by atoms with Gasteiger partial charge in [-0.05, 0) is 13.3 Å². The lowest BCUT2D eigenvalue weighted by Crippen LogP contribution is -2.16. The molecule has 0 aliphatic rings. The van der Waals surface area contributed by atoms with E-state index in [4.69, 9.17) is 0 Å². The summed E-state index contributed by atoms with van der Waals surface area (Å²) in [5.41, 5.74) is 0. The minimum absolute atomic E-state index is 0.233. The van der Waals surface area contributed by atoms with Crippen LogP contribution in [0.3, 0.4) is 0 Å². The quantitative estimate of drug-likeness (QED) is 0.806. The molecule has 0 aromatic carbocycles. The Morgan fingerprint density at radius 3 is 2.87 bits per heavy atom. The lowest BCUT2D eigenvalue weighted by molar-refractivity contribution is 0.196. The van der Waals surface area contributed by atoms with Gasteiger partial charge in [-0.15, -0.1) is 11.8 Å². The predicted octanol–water partition coefficient (Wildman–Crippen LogP) is 1.69. The predicted molar refractivity (Wildman–Crippen MR) is 62.8 cm³/mol. The lowest BCUT2D eigenvalue weighted by atomic mass is 10.3. The summed E-state index contributed by atoms with van der Waals surface area (Å²) in [4.78, 5) is 4.22. The van der Waals surface area contributed by atoms with E-state index in [-0.39, 0.29) is 11.4 Å². The number of hydrogen-bond acceptors (Lipinski definition) is 4. The third-order valence-corrected chi connectivity index (χ3v) is 3.63. The summed E-state index contributed by atoms with van der Waals surface area (Å²) in [5.74, 6) is 1.81. The molecule has 0 saturated heterocycles. The Morgan fingerprint density at radius 2 is 2.27 bits per heavy atom. The first kappa shape index (κ1) is 12.5. The Kier molecular flexibility index (Phi) is 5.11. The number of aliphatic hydroxyl groups excluding tert-OH is 1. The number of nitrogens with zero attached hydrogens (tertiary/aromatic N) is 3. The summed E-state index contributed by atoms with van der Waals surface area (Å²) >= 11 is 1.71. The molecule has 0 spiro atoms. The van der Waals surface area contributed by atoms with E-state index in [1.807, 2.05) is 18.5 Å². The number of aromatic nitrogens is 3. The highest BCUT2D eigenvalue weighted by Crippen LogP contribution is 2.18. The normalized spacial score (nSPS) is 15.2. The summed E-state index contributed by atoms with van der Waals surface area (Å²) in [7, 11) is 0. The van der Waals surface area contributed by atoms with Gasteiger partial charge in [0.1, 0.15) is 12.2 Å². The van der Waals surface area contributed by atoms with Gasteiger partial charge in [-0.25, -0.2) is 9.67 Å². The van der Waals surface area contributed by atoms with Gasteiger partial charge in [-0.2, -0.15) is 5.10 Å². The molecular weight excluding hydrogens is 210 g/mol. The summed E-state index contributed by atoms with van der Waals surface area (Å²) in [6.07, 6.45) is 2.38. The number of aryl methyl sites for hydroxylation is 1. The van der Waals surface area contributed by atoms with Crippen LogP contribution in [0.15, 0.2) is 6.33 Å². The molecule has 1 aromatic heterocycles. The van der Waals surface area contributed by atoms with Crippen LogP contribution in [-0.2, 0) is 12.3 Å². The van der Waals surface area contributed by atoms with Crippen molar-refractivity contribution in [1.29, 1.82) is 0 Å². The van der Waals surface area contributed by atoms with Gasteiger partial charge < -0.3 is 5.11 Å². The maximum absolute atomic E-state index is 9.36. The van der Waals surface area contributed by atoms with Crippen LogP contribution in [-0.4, -0.2) is 31.2 Å². The number of hydrogen-bond donors (Lipinski definition) is 1. The van der Waals surface area contributed by atoms with E-state index in [2.05, 4.69) is 17.0 Å². The molecule has 2 atom stereocenters. The van der Waals surface area contributed by atoms with Crippen LogP contribution in [0.1, 0.15) is 33.0 Å². The molecule has 0 radical (unpaired) electrons. The maximum Gasteiger partial charge on any atom is 0.138 e. The fourth-order valence-electron chi connectivity index (χ4n) is 1.14. The van der Waals surface area contributed by atoms with E-state index in [0.29, 0.717) is 0 Å². The monoisotopic (exact) mass is 229 g/mol. The number of aliphatic hydroxyl groups is 1. The number of thioether (sulfide) groups is 1. The minimum atomic E-state index is -0.280. The number of rotatable bonds is 6. The van der Waals surface area contributed by atoms with Crippen LogP contribution >= 0.6 is 11.8 Å². The van der Waals surface area contributed by atoms with Crippen molar-refractivity contribution in [3.8, 4) is 0 Å². The molecular formula is C10H19N3OS. The molecule has 0 fully saturated rings. The molecule has 86 valence electrons. The maximum atomic E-state index is 9.36. The van der Waals surface area contributed by atoms with Gasteiger partial charge in [0.15, 0.2) is 0 Å². The van der Waals surface area contributed by atoms with Crippen LogP contribution in [0.25, 0.3) is 0 Å². The Bertz CT molecular complexity index is 288. The average Bonchev–Trinajstić information content (AvgIpc) is 2.62. The first-order chi connectivity index (χ1) is 7.15. The molecule has 0 amide bonds. The van der Waals surface area contributed by atoms with E-state index < -0.39 is 0 Å². The zero-order valence-electron chi connectivity index (χ0n) is 9.55. The van der Waals surface area contributed by atoms with Crippen molar-refractivity contribution in [2.45, 2.75) is 50.8 Å². The van der Waals surface area contributed by atoms with Crippen molar-refractivity contribution >= 4 is 11.8 Å². The molecule has 1 heterocycles. The topological polar surface area (TPSA) is 50.9 Å². The second-order valence-electron chi connectivity index (χ2n) is 3.66. The second kappa shape index (κ2) is 6.12. The molecule has 0 aliphatic heterocycles.